The minimum absolute atomic E-state index is 0. The van der Waals surface area contributed by atoms with Crippen LogP contribution in [0, 0.1) is 29.7 Å². The van der Waals surface area contributed by atoms with Gasteiger partial charge in [0.15, 0.2) is 0 Å². The summed E-state index contributed by atoms with van der Waals surface area (Å²) in [4.78, 5) is 0. The molecule has 0 rings (SSSR count). The van der Waals surface area contributed by atoms with E-state index in [1.54, 1.807) is 0 Å². The molecule has 0 aromatic heterocycles. The molecule has 57 valence electrons. The van der Waals surface area contributed by atoms with E-state index in [0.717, 1.165) is 0 Å². The molecule has 0 bridgehead atoms. The molecule has 0 saturated carbocycles. The van der Waals surface area contributed by atoms with E-state index in [4.69, 9.17) is 27.9 Å². The van der Waals surface area contributed by atoms with Gasteiger partial charge in [-0.25, -0.2) is 0 Å². The second-order valence-corrected chi connectivity index (χ2v) is 7.95. The summed E-state index contributed by atoms with van der Waals surface area (Å²) in [6.45, 7) is 0. The van der Waals surface area contributed by atoms with E-state index in [1.165, 1.54) is 0 Å². The third kappa shape index (κ3) is 131. The Morgan fingerprint density at radius 1 is 0.625 bits per heavy atom. The Labute approximate surface area is 72.0 Å². The molecule has 0 N–H and O–H groups in total. The van der Waals surface area contributed by atoms with Crippen molar-refractivity contribution in [3.8, 4) is 0 Å². The van der Waals surface area contributed by atoms with Gasteiger partial charge in [0.1, 0.15) is 0 Å². The summed E-state index contributed by atoms with van der Waals surface area (Å²) in [5, 5.41) is 0. The van der Waals surface area contributed by atoms with Gasteiger partial charge in [0.05, 0.1) is 0 Å². The molecule has 0 saturated heterocycles. The van der Waals surface area contributed by atoms with Crippen LogP contribution in [-0.2, 0) is 14.7 Å². The first-order valence-electron chi connectivity index (χ1n) is 0.567. The molecule has 0 aliphatic rings. The molecule has 0 aromatic rings. The summed E-state index contributed by atoms with van der Waals surface area (Å²) in [5.74, 6) is 0. The average molecular weight is 214 g/mol. The van der Waals surface area contributed by atoms with Gasteiger partial charge >= 0.3 is 42.6 Å². The summed E-state index contributed by atoms with van der Waals surface area (Å²) < 4.78 is 0. The van der Waals surface area contributed by atoms with Crippen molar-refractivity contribution < 1.29 is 14.7 Å². The van der Waals surface area contributed by atoms with Gasteiger partial charge in [-0.2, -0.15) is 0 Å². The fraction of sp³-hybridized carbons (Fsp3) is 0. The summed E-state index contributed by atoms with van der Waals surface area (Å²) in [7, 11) is 14.9. The van der Waals surface area contributed by atoms with E-state index >= 15 is 0 Å². The maximum absolute atomic E-state index is 4.97. The molecule has 0 unspecified atom stereocenters. The molecule has 0 aliphatic heterocycles. The molecule has 0 aliphatic carbocycles. The molecule has 8 heavy (non-hydrogen) atoms. The van der Waals surface area contributed by atoms with Crippen molar-refractivity contribution in [3.63, 3.8) is 0 Å². The van der Waals surface area contributed by atoms with Crippen molar-refractivity contribution in [3.05, 3.63) is 29.7 Å². The molecule has 0 atom stereocenters. The monoisotopic (exact) mass is 213 g/mol. The molecule has 0 nitrogen and oxygen atoms in total. The molecule has 0 spiro atoms. The van der Waals surface area contributed by atoms with Crippen LogP contribution >= 0.6 is 27.9 Å². The summed E-state index contributed by atoms with van der Waals surface area (Å²) in [6.07, 6.45) is 0. The summed E-state index contributed by atoms with van der Waals surface area (Å²) in [6, 6.07) is 0. The third-order valence-corrected chi connectivity index (χ3v) is 0. The second-order valence-electron chi connectivity index (χ2n) is 0.214. The molecule has 0 amide bonds. The molecular formula is C4H12Cl3Ti-4. The predicted octanol–water partition coefficient (Wildman–Crippen LogP) is 3.87. The van der Waals surface area contributed by atoms with Crippen molar-refractivity contribution in [2.45, 2.75) is 0 Å². The van der Waals surface area contributed by atoms with Gasteiger partial charge in [-0.1, -0.05) is 0 Å². The Bertz CT molecular complexity index is 16.0. The van der Waals surface area contributed by atoms with E-state index in [1.807, 2.05) is 0 Å². The Hall–Kier alpha value is 1.58. The van der Waals surface area contributed by atoms with Crippen LogP contribution in [-0.4, -0.2) is 0 Å². The Kier molecular flexibility index (Phi) is 98.7. The van der Waals surface area contributed by atoms with Crippen molar-refractivity contribution in [2.75, 3.05) is 0 Å². The van der Waals surface area contributed by atoms with Crippen LogP contribution in [0.5, 0.6) is 0 Å². The Balaban J connectivity index is -0.00000000750. The first-order chi connectivity index (χ1) is 1.73. The number of hydrogen-bond donors (Lipinski definition) is 0. The van der Waals surface area contributed by atoms with Gasteiger partial charge in [-0.05, 0) is 0 Å². The topological polar surface area (TPSA) is 0 Å². The van der Waals surface area contributed by atoms with Gasteiger partial charge in [0.25, 0.3) is 0 Å². The Morgan fingerprint density at radius 3 is 0.625 bits per heavy atom. The average Bonchev–Trinajstić information content (AvgIpc) is 0.811. The predicted molar refractivity (Wildman–Crippen MR) is 43.2 cm³/mol. The molecule has 0 radical (unpaired) electrons. The zero-order valence-corrected chi connectivity index (χ0v) is 9.46. The van der Waals surface area contributed by atoms with E-state index in [0.29, 0.717) is 0 Å². The van der Waals surface area contributed by atoms with Crippen LogP contribution in [0.3, 0.4) is 0 Å². The van der Waals surface area contributed by atoms with Crippen LogP contribution in [0.15, 0.2) is 0 Å². The molecule has 4 heteroatoms. The first kappa shape index (κ1) is 33.6. The zero-order valence-electron chi connectivity index (χ0n) is 5.63. The van der Waals surface area contributed by atoms with Crippen molar-refractivity contribution in [1.29, 1.82) is 0 Å². The summed E-state index contributed by atoms with van der Waals surface area (Å²) >= 11 is -1.92. The standard InChI is InChI=1S/4CH3.3ClH.Ti/h4*1H3;3*1H;/q4*-1;;;;+3/p-3. The molecular weight excluding hydrogens is 202 g/mol. The number of halogens is 3. The van der Waals surface area contributed by atoms with Crippen LogP contribution in [0.1, 0.15) is 0 Å². The number of hydrogen-bond acceptors (Lipinski definition) is 0. The van der Waals surface area contributed by atoms with Crippen molar-refractivity contribution in [2.24, 2.45) is 0 Å². The van der Waals surface area contributed by atoms with Gasteiger partial charge in [-0.3, -0.25) is 0 Å². The minimum atomic E-state index is -1.92. The number of rotatable bonds is 0. The normalized spacial score (nSPS) is 3.38. The van der Waals surface area contributed by atoms with E-state index in [2.05, 4.69) is 0 Å². The first-order valence-corrected chi connectivity index (χ1v) is 7.01. The van der Waals surface area contributed by atoms with Crippen LogP contribution in [0.4, 0.5) is 0 Å². The maximum atomic E-state index is 4.97. The van der Waals surface area contributed by atoms with Crippen molar-refractivity contribution >= 4 is 27.9 Å². The van der Waals surface area contributed by atoms with Crippen molar-refractivity contribution in [1.82, 2.24) is 0 Å². The molecule has 0 fully saturated rings. The van der Waals surface area contributed by atoms with Gasteiger partial charge in [0.2, 0.25) is 0 Å². The zero-order chi connectivity index (χ0) is 3.58. The fourth-order valence-corrected chi connectivity index (χ4v) is 0. The quantitative estimate of drug-likeness (QED) is 0.424. The SMILES string of the molecule is [CH3-].[CH3-].[CH3-].[CH3-].[Cl][Ti]([Cl])[Cl]. The third-order valence-electron chi connectivity index (χ3n) is 0. The van der Waals surface area contributed by atoms with E-state index in [9.17, 15) is 0 Å². The van der Waals surface area contributed by atoms with Gasteiger partial charge in [-0.15, -0.1) is 0 Å². The summed E-state index contributed by atoms with van der Waals surface area (Å²) in [5.41, 5.74) is 0. The van der Waals surface area contributed by atoms with Crippen LogP contribution in [0.25, 0.3) is 0 Å². The van der Waals surface area contributed by atoms with E-state index in [-0.39, 0.29) is 29.7 Å². The van der Waals surface area contributed by atoms with Gasteiger partial charge in [0, 0.05) is 0 Å². The van der Waals surface area contributed by atoms with Crippen LogP contribution in [0.2, 0.25) is 0 Å². The Morgan fingerprint density at radius 2 is 0.625 bits per heavy atom. The van der Waals surface area contributed by atoms with Gasteiger partial charge < -0.3 is 29.7 Å². The van der Waals surface area contributed by atoms with Crippen LogP contribution < -0.4 is 0 Å². The molecule has 0 aromatic carbocycles. The molecule has 0 heterocycles. The van der Waals surface area contributed by atoms with E-state index < -0.39 is 14.7 Å². The second kappa shape index (κ2) is 23.5. The fourth-order valence-electron chi connectivity index (χ4n) is 0.